The molecule has 0 N–H and O–H groups in total. The molecule has 0 aromatic rings. The van der Waals surface area contributed by atoms with Crippen LogP contribution in [0.1, 0.15) is 13.3 Å². The van der Waals surface area contributed by atoms with Crippen molar-refractivity contribution < 1.29 is 32.2 Å². The molecule has 106 valence electrons. The van der Waals surface area contributed by atoms with Crippen molar-refractivity contribution in [2.75, 3.05) is 33.4 Å². The number of carbonyl (C=O) groups is 2. The summed E-state index contributed by atoms with van der Waals surface area (Å²) in [4.78, 5) is 23.5. The first-order valence-electron chi connectivity index (χ1n) is 5.30. The van der Waals surface area contributed by atoms with Crippen LogP contribution in [0, 0.1) is 0 Å². The van der Waals surface area contributed by atoms with Crippen LogP contribution in [-0.4, -0.2) is 56.4 Å². The Balaban J connectivity index is 3.78. The second kappa shape index (κ2) is 7.91. The number of nitrogens with zero attached hydrogens (tertiary/aromatic N) is 1. The quantitative estimate of drug-likeness (QED) is 0.511. The third kappa shape index (κ3) is 8.80. The fourth-order valence-electron chi connectivity index (χ4n) is 1.03. The van der Waals surface area contributed by atoms with Gasteiger partial charge in [0.25, 0.3) is 0 Å². The van der Waals surface area contributed by atoms with Crippen molar-refractivity contribution in [3.8, 4) is 0 Å². The van der Waals surface area contributed by atoms with Crippen LogP contribution < -0.4 is 0 Å². The van der Waals surface area contributed by atoms with Crippen molar-refractivity contribution in [2.24, 2.45) is 0 Å². The van der Waals surface area contributed by atoms with Gasteiger partial charge >= 0.3 is 12.1 Å². The molecule has 0 atom stereocenters. The third-order valence-corrected chi connectivity index (χ3v) is 1.82. The molecule has 0 heterocycles. The summed E-state index contributed by atoms with van der Waals surface area (Å²) in [6.07, 6.45) is -4.62. The fourth-order valence-corrected chi connectivity index (χ4v) is 1.03. The predicted octanol–water partition coefficient (Wildman–Crippen LogP) is 0.977. The van der Waals surface area contributed by atoms with E-state index in [1.807, 2.05) is 0 Å². The molecule has 0 fully saturated rings. The van der Waals surface area contributed by atoms with Gasteiger partial charge in [0.2, 0.25) is 5.91 Å². The Bertz CT molecular complexity index is 281. The van der Waals surface area contributed by atoms with Gasteiger partial charge in [-0.3, -0.25) is 9.59 Å². The zero-order valence-electron chi connectivity index (χ0n) is 10.2. The maximum atomic E-state index is 11.7. The fraction of sp³-hybridized carbons (Fsp3) is 0.800. The van der Waals surface area contributed by atoms with E-state index < -0.39 is 24.7 Å². The van der Waals surface area contributed by atoms with Crippen molar-refractivity contribution in [1.82, 2.24) is 4.90 Å². The summed E-state index contributed by atoms with van der Waals surface area (Å²) in [6.45, 7) is -0.125. The van der Waals surface area contributed by atoms with Gasteiger partial charge in [0.1, 0.15) is 13.2 Å². The van der Waals surface area contributed by atoms with Crippen molar-refractivity contribution in [3.63, 3.8) is 0 Å². The van der Waals surface area contributed by atoms with Gasteiger partial charge in [-0.05, 0) is 6.92 Å². The number of hydrogen-bond acceptors (Lipinski definition) is 4. The smallest absolute Gasteiger partial charge is 0.411 e. The van der Waals surface area contributed by atoms with Crippen LogP contribution in [0.5, 0.6) is 0 Å². The van der Waals surface area contributed by atoms with E-state index in [1.165, 1.54) is 7.05 Å². The maximum Gasteiger partial charge on any atom is 0.411 e. The van der Waals surface area contributed by atoms with Crippen molar-refractivity contribution in [2.45, 2.75) is 19.5 Å². The monoisotopic (exact) mass is 271 g/mol. The molecular formula is C10H16F3NO4. The number of ether oxygens (including phenoxy) is 2. The standard InChI is InChI=1S/C10H16F3NO4/c1-3-18-9(16)6-14(2)8(15)4-5-17-7-10(11,12)13/h3-7H2,1-2H3. The van der Waals surface area contributed by atoms with E-state index in [2.05, 4.69) is 9.47 Å². The van der Waals surface area contributed by atoms with E-state index in [9.17, 15) is 22.8 Å². The molecule has 0 bridgehead atoms. The Morgan fingerprint density at radius 3 is 2.39 bits per heavy atom. The number of likely N-dealkylation sites (N-methyl/N-ethyl adjacent to an activating group) is 1. The normalized spacial score (nSPS) is 11.2. The highest BCUT2D eigenvalue weighted by Gasteiger charge is 2.27. The van der Waals surface area contributed by atoms with Crippen molar-refractivity contribution in [3.05, 3.63) is 0 Å². The van der Waals surface area contributed by atoms with Gasteiger partial charge in [-0.2, -0.15) is 13.2 Å². The lowest BCUT2D eigenvalue weighted by Crippen LogP contribution is -2.33. The number of hydrogen-bond donors (Lipinski definition) is 0. The van der Waals surface area contributed by atoms with Gasteiger partial charge in [0.15, 0.2) is 0 Å². The zero-order valence-corrected chi connectivity index (χ0v) is 10.2. The largest absolute Gasteiger partial charge is 0.465 e. The van der Waals surface area contributed by atoms with Crippen molar-refractivity contribution >= 4 is 11.9 Å². The highest BCUT2D eigenvalue weighted by molar-refractivity contribution is 5.81. The SMILES string of the molecule is CCOC(=O)CN(C)C(=O)CCOCC(F)(F)F. The van der Waals surface area contributed by atoms with E-state index >= 15 is 0 Å². The van der Waals surface area contributed by atoms with Crippen LogP contribution in [-0.2, 0) is 19.1 Å². The lowest BCUT2D eigenvalue weighted by Gasteiger charge is -2.16. The molecule has 18 heavy (non-hydrogen) atoms. The lowest BCUT2D eigenvalue weighted by molar-refractivity contribution is -0.175. The first-order valence-corrected chi connectivity index (χ1v) is 5.30. The molecule has 8 heteroatoms. The molecule has 5 nitrogen and oxygen atoms in total. The Hall–Kier alpha value is -1.31. The van der Waals surface area contributed by atoms with Gasteiger partial charge in [0.05, 0.1) is 19.6 Å². The predicted molar refractivity (Wildman–Crippen MR) is 55.8 cm³/mol. The number of halogens is 3. The maximum absolute atomic E-state index is 11.7. The molecule has 0 aliphatic heterocycles. The molecule has 0 aromatic carbocycles. The van der Waals surface area contributed by atoms with Crippen LogP contribution in [0.25, 0.3) is 0 Å². The van der Waals surface area contributed by atoms with E-state index in [0.29, 0.717) is 0 Å². The molecule has 0 rings (SSSR count). The van der Waals surface area contributed by atoms with Gasteiger partial charge in [-0.25, -0.2) is 0 Å². The summed E-state index contributed by atoms with van der Waals surface area (Å²) in [7, 11) is 1.36. The Kier molecular flexibility index (Phi) is 7.33. The molecule has 0 aliphatic carbocycles. The highest BCUT2D eigenvalue weighted by Crippen LogP contribution is 2.14. The first-order chi connectivity index (χ1) is 8.26. The molecular weight excluding hydrogens is 255 g/mol. The highest BCUT2D eigenvalue weighted by atomic mass is 19.4. The molecule has 0 saturated carbocycles. The van der Waals surface area contributed by atoms with Gasteiger partial charge in [-0.1, -0.05) is 0 Å². The summed E-state index contributed by atoms with van der Waals surface area (Å²) in [5, 5.41) is 0. The summed E-state index contributed by atoms with van der Waals surface area (Å²) < 4.78 is 44.0. The summed E-state index contributed by atoms with van der Waals surface area (Å²) in [5.41, 5.74) is 0. The topological polar surface area (TPSA) is 55.8 Å². The van der Waals surface area contributed by atoms with Gasteiger partial charge < -0.3 is 14.4 Å². The third-order valence-electron chi connectivity index (χ3n) is 1.82. The van der Waals surface area contributed by atoms with E-state index in [0.717, 1.165) is 4.90 Å². The van der Waals surface area contributed by atoms with E-state index in [-0.39, 0.29) is 26.2 Å². The van der Waals surface area contributed by atoms with Crippen LogP contribution in [0.15, 0.2) is 0 Å². The Morgan fingerprint density at radius 2 is 1.89 bits per heavy atom. The molecule has 0 radical (unpaired) electrons. The Labute approximate surface area is 103 Å². The number of amides is 1. The van der Waals surface area contributed by atoms with E-state index in [1.54, 1.807) is 6.92 Å². The zero-order chi connectivity index (χ0) is 14.2. The summed E-state index contributed by atoms with van der Waals surface area (Å²) in [6, 6.07) is 0. The van der Waals surface area contributed by atoms with Crippen LogP contribution >= 0.6 is 0 Å². The van der Waals surface area contributed by atoms with Gasteiger partial charge in [0, 0.05) is 7.05 Å². The molecule has 0 spiro atoms. The van der Waals surface area contributed by atoms with Crippen molar-refractivity contribution in [1.29, 1.82) is 0 Å². The summed E-state index contributed by atoms with van der Waals surface area (Å²) in [5.74, 6) is -1.05. The minimum absolute atomic E-state index is 0.204. The number of rotatable bonds is 7. The summed E-state index contributed by atoms with van der Waals surface area (Å²) >= 11 is 0. The van der Waals surface area contributed by atoms with E-state index in [4.69, 9.17) is 0 Å². The molecule has 0 aromatic heterocycles. The van der Waals surface area contributed by atoms with Crippen LogP contribution in [0.2, 0.25) is 0 Å². The molecule has 1 amide bonds. The average molecular weight is 271 g/mol. The Morgan fingerprint density at radius 1 is 1.28 bits per heavy atom. The molecule has 0 unspecified atom stereocenters. The van der Waals surface area contributed by atoms with Crippen LogP contribution in [0.4, 0.5) is 13.2 Å². The minimum Gasteiger partial charge on any atom is -0.465 e. The first kappa shape index (κ1) is 16.7. The second-order valence-electron chi connectivity index (χ2n) is 3.47. The molecule has 0 aliphatic rings. The minimum atomic E-state index is -4.40. The average Bonchev–Trinajstić information content (AvgIpc) is 2.22. The number of esters is 1. The van der Waals surface area contributed by atoms with Crippen LogP contribution in [0.3, 0.4) is 0 Å². The number of alkyl halides is 3. The van der Waals surface area contributed by atoms with Gasteiger partial charge in [-0.15, -0.1) is 0 Å². The second-order valence-corrected chi connectivity index (χ2v) is 3.47. The molecule has 0 saturated heterocycles. The number of carbonyl (C=O) groups excluding carboxylic acids is 2. The lowest BCUT2D eigenvalue weighted by atomic mass is 10.4.